The molecule has 0 aliphatic rings. The van der Waals surface area contributed by atoms with Gasteiger partial charge in [-0.05, 0) is 29.5 Å². The Morgan fingerprint density at radius 1 is 1.05 bits per heavy atom. The van der Waals surface area contributed by atoms with Crippen molar-refractivity contribution in [2.45, 2.75) is 26.8 Å². The third kappa shape index (κ3) is 2.74. The third-order valence-corrected chi connectivity index (χ3v) is 3.56. The highest BCUT2D eigenvalue weighted by atomic mass is 16.5. The molecule has 0 radical (unpaired) electrons. The van der Waals surface area contributed by atoms with Crippen molar-refractivity contribution in [1.82, 2.24) is 5.32 Å². The molecular weight excluding hydrogens is 234 g/mol. The molecule has 2 rings (SSSR count). The van der Waals surface area contributed by atoms with E-state index in [0.717, 1.165) is 12.3 Å². The lowest BCUT2D eigenvalue weighted by Gasteiger charge is -2.24. The molecule has 1 atom stereocenters. The van der Waals surface area contributed by atoms with Crippen LogP contribution in [0.15, 0.2) is 36.4 Å². The zero-order chi connectivity index (χ0) is 13.8. The van der Waals surface area contributed by atoms with Gasteiger partial charge in [0, 0.05) is 11.4 Å². The largest absolute Gasteiger partial charge is 0.496 e. The summed E-state index contributed by atoms with van der Waals surface area (Å²) in [6.45, 7) is 7.64. The van der Waals surface area contributed by atoms with Crippen LogP contribution in [0.3, 0.4) is 0 Å². The number of ether oxygens (including phenoxy) is 1. The maximum atomic E-state index is 5.46. The quantitative estimate of drug-likeness (QED) is 0.868. The summed E-state index contributed by atoms with van der Waals surface area (Å²) in [7, 11) is 1.73. The van der Waals surface area contributed by atoms with Crippen LogP contribution in [0.4, 0.5) is 0 Å². The first-order valence-corrected chi connectivity index (χ1v) is 6.98. The maximum Gasteiger partial charge on any atom is 0.126 e. The van der Waals surface area contributed by atoms with Crippen molar-refractivity contribution in [3.8, 4) is 5.75 Å². The summed E-state index contributed by atoms with van der Waals surface area (Å²) in [5.41, 5.74) is 1.35. The van der Waals surface area contributed by atoms with Gasteiger partial charge in [0.15, 0.2) is 0 Å². The van der Waals surface area contributed by atoms with Gasteiger partial charge in [0.2, 0.25) is 0 Å². The lowest BCUT2D eigenvalue weighted by atomic mass is 9.91. The van der Waals surface area contributed by atoms with Gasteiger partial charge in [-0.2, -0.15) is 0 Å². The van der Waals surface area contributed by atoms with Crippen molar-refractivity contribution in [3.05, 3.63) is 42.0 Å². The fraction of sp³-hybridized carbons (Fsp3) is 0.412. The van der Waals surface area contributed by atoms with E-state index in [1.807, 2.05) is 0 Å². The van der Waals surface area contributed by atoms with E-state index < -0.39 is 0 Å². The summed E-state index contributed by atoms with van der Waals surface area (Å²) in [4.78, 5) is 0. The van der Waals surface area contributed by atoms with Crippen molar-refractivity contribution in [2.24, 2.45) is 5.92 Å². The Morgan fingerprint density at radius 2 is 1.74 bits per heavy atom. The Hall–Kier alpha value is -1.54. The number of rotatable bonds is 5. The molecule has 1 unspecified atom stereocenters. The van der Waals surface area contributed by atoms with E-state index in [1.54, 1.807) is 7.11 Å². The fourth-order valence-corrected chi connectivity index (χ4v) is 2.67. The van der Waals surface area contributed by atoms with Crippen molar-refractivity contribution in [1.29, 1.82) is 0 Å². The molecule has 0 spiro atoms. The molecule has 0 aliphatic carbocycles. The summed E-state index contributed by atoms with van der Waals surface area (Å²) in [5, 5.41) is 6.05. The smallest absolute Gasteiger partial charge is 0.126 e. The molecule has 0 amide bonds. The summed E-state index contributed by atoms with van der Waals surface area (Å²) in [6.07, 6.45) is 0. The van der Waals surface area contributed by atoms with Gasteiger partial charge >= 0.3 is 0 Å². The Balaban J connectivity index is 2.60. The molecule has 0 heterocycles. The molecule has 2 aromatic carbocycles. The van der Waals surface area contributed by atoms with Crippen LogP contribution in [0.1, 0.15) is 32.4 Å². The minimum Gasteiger partial charge on any atom is -0.496 e. The van der Waals surface area contributed by atoms with Crippen LogP contribution < -0.4 is 10.1 Å². The van der Waals surface area contributed by atoms with Crippen LogP contribution in [0.2, 0.25) is 0 Å². The normalized spacial score (nSPS) is 12.9. The van der Waals surface area contributed by atoms with Crippen molar-refractivity contribution >= 4 is 10.8 Å². The molecule has 0 aromatic heterocycles. The topological polar surface area (TPSA) is 21.3 Å². The first-order chi connectivity index (χ1) is 9.19. The summed E-state index contributed by atoms with van der Waals surface area (Å²) < 4.78 is 5.46. The Bertz CT molecular complexity index is 548. The average molecular weight is 257 g/mol. The molecule has 0 saturated carbocycles. The van der Waals surface area contributed by atoms with Gasteiger partial charge in [-0.25, -0.2) is 0 Å². The number of fused-ring (bicyclic) bond motifs is 1. The third-order valence-electron chi connectivity index (χ3n) is 3.56. The van der Waals surface area contributed by atoms with Crippen molar-refractivity contribution in [3.63, 3.8) is 0 Å². The fourth-order valence-electron chi connectivity index (χ4n) is 2.67. The van der Waals surface area contributed by atoms with E-state index in [1.165, 1.54) is 16.3 Å². The number of methoxy groups -OCH3 is 1. The molecule has 0 fully saturated rings. The van der Waals surface area contributed by atoms with Crippen LogP contribution in [0.5, 0.6) is 5.75 Å². The summed E-state index contributed by atoms with van der Waals surface area (Å²) in [5.74, 6) is 1.50. The standard InChI is InChI=1S/C17H23NO/c1-5-18-17(12(2)3)15-10-11-16(19-4)14-9-7-6-8-13(14)15/h6-12,17-18H,5H2,1-4H3. The lowest BCUT2D eigenvalue weighted by Crippen LogP contribution is -2.25. The highest BCUT2D eigenvalue weighted by molar-refractivity contribution is 5.91. The van der Waals surface area contributed by atoms with E-state index in [4.69, 9.17) is 4.74 Å². The second-order valence-corrected chi connectivity index (χ2v) is 5.18. The molecular formula is C17H23NO. The predicted octanol–water partition coefficient (Wildman–Crippen LogP) is 4.16. The van der Waals surface area contributed by atoms with E-state index in [9.17, 15) is 0 Å². The second kappa shape index (κ2) is 6.07. The van der Waals surface area contributed by atoms with Crippen LogP contribution in [0.25, 0.3) is 10.8 Å². The number of hydrogen-bond acceptors (Lipinski definition) is 2. The van der Waals surface area contributed by atoms with E-state index >= 15 is 0 Å². The molecule has 19 heavy (non-hydrogen) atoms. The van der Waals surface area contributed by atoms with Gasteiger partial charge in [0.25, 0.3) is 0 Å². The Kier molecular flexibility index (Phi) is 4.43. The minimum absolute atomic E-state index is 0.376. The molecule has 0 bridgehead atoms. The Morgan fingerprint density at radius 3 is 2.32 bits per heavy atom. The van der Waals surface area contributed by atoms with Gasteiger partial charge in [-0.15, -0.1) is 0 Å². The number of benzene rings is 2. The maximum absolute atomic E-state index is 5.46. The lowest BCUT2D eigenvalue weighted by molar-refractivity contribution is 0.415. The predicted molar refractivity (Wildman–Crippen MR) is 81.8 cm³/mol. The van der Waals surface area contributed by atoms with Crippen molar-refractivity contribution < 1.29 is 4.74 Å². The molecule has 2 heteroatoms. The zero-order valence-corrected chi connectivity index (χ0v) is 12.2. The van der Waals surface area contributed by atoms with Gasteiger partial charge in [0.05, 0.1) is 7.11 Å². The van der Waals surface area contributed by atoms with Crippen LogP contribution >= 0.6 is 0 Å². The van der Waals surface area contributed by atoms with Crippen LogP contribution in [-0.2, 0) is 0 Å². The molecule has 102 valence electrons. The second-order valence-electron chi connectivity index (χ2n) is 5.18. The van der Waals surface area contributed by atoms with Crippen molar-refractivity contribution in [2.75, 3.05) is 13.7 Å². The monoisotopic (exact) mass is 257 g/mol. The van der Waals surface area contributed by atoms with Crippen LogP contribution in [0, 0.1) is 5.92 Å². The molecule has 2 nitrogen and oxygen atoms in total. The average Bonchev–Trinajstić information content (AvgIpc) is 2.43. The number of hydrogen-bond donors (Lipinski definition) is 1. The minimum atomic E-state index is 0.376. The van der Waals surface area contributed by atoms with Crippen LogP contribution in [-0.4, -0.2) is 13.7 Å². The highest BCUT2D eigenvalue weighted by Crippen LogP contribution is 2.33. The van der Waals surface area contributed by atoms with Gasteiger partial charge in [-0.3, -0.25) is 0 Å². The Labute approximate surface area is 115 Å². The molecule has 2 aromatic rings. The highest BCUT2D eigenvalue weighted by Gasteiger charge is 2.18. The SMILES string of the molecule is CCNC(c1ccc(OC)c2ccccc12)C(C)C. The summed E-state index contributed by atoms with van der Waals surface area (Å²) in [6, 6.07) is 13.1. The molecule has 1 N–H and O–H groups in total. The van der Waals surface area contributed by atoms with Gasteiger partial charge < -0.3 is 10.1 Å². The zero-order valence-electron chi connectivity index (χ0n) is 12.2. The first-order valence-electron chi connectivity index (χ1n) is 6.98. The van der Waals surface area contributed by atoms with E-state index in [-0.39, 0.29) is 0 Å². The first kappa shape index (κ1) is 13.9. The molecule has 0 saturated heterocycles. The summed E-state index contributed by atoms with van der Waals surface area (Å²) >= 11 is 0. The van der Waals surface area contributed by atoms with Gasteiger partial charge in [0.1, 0.15) is 5.75 Å². The molecule has 0 aliphatic heterocycles. The van der Waals surface area contributed by atoms with E-state index in [0.29, 0.717) is 12.0 Å². The van der Waals surface area contributed by atoms with E-state index in [2.05, 4.69) is 62.5 Å². The number of nitrogens with one attached hydrogen (secondary N) is 1. The van der Waals surface area contributed by atoms with Gasteiger partial charge in [-0.1, -0.05) is 51.1 Å².